The fourth-order valence-corrected chi connectivity index (χ4v) is 3.33. The van der Waals surface area contributed by atoms with Crippen LogP contribution in [0.2, 0.25) is 5.02 Å². The van der Waals surface area contributed by atoms with Crippen LogP contribution < -0.4 is 10.1 Å². The molecule has 0 amide bonds. The SMILES string of the molecule is CCNC(=NCC1(N(C)C)CCOCC1)N(C)CCOc1cccc(Cl)c1.I. The second kappa shape index (κ2) is 12.7. The predicted octanol–water partition coefficient (Wildman–Crippen LogP) is 3.34. The molecule has 0 atom stereocenters. The Balaban J connectivity index is 0.00000392. The molecule has 8 heteroatoms. The van der Waals surface area contributed by atoms with E-state index in [1.165, 1.54) is 0 Å². The average Bonchev–Trinajstić information content (AvgIpc) is 2.65. The van der Waals surface area contributed by atoms with Crippen LogP contribution in [-0.4, -0.2) is 81.9 Å². The summed E-state index contributed by atoms with van der Waals surface area (Å²) < 4.78 is 11.4. The molecule has 0 bridgehead atoms. The Bertz CT molecular complexity index is 610. The molecule has 0 spiro atoms. The summed E-state index contributed by atoms with van der Waals surface area (Å²) in [5, 5.41) is 4.07. The third-order valence-corrected chi connectivity index (χ3v) is 5.32. The number of hydrogen-bond acceptors (Lipinski definition) is 4. The number of hydrogen-bond donors (Lipinski definition) is 1. The van der Waals surface area contributed by atoms with E-state index in [9.17, 15) is 0 Å². The van der Waals surface area contributed by atoms with Crippen LogP contribution in [0.4, 0.5) is 0 Å². The van der Waals surface area contributed by atoms with Crippen molar-refractivity contribution in [3.63, 3.8) is 0 Å². The summed E-state index contributed by atoms with van der Waals surface area (Å²) in [6, 6.07) is 7.47. The highest BCUT2D eigenvalue weighted by molar-refractivity contribution is 14.0. The van der Waals surface area contributed by atoms with Crippen molar-refractivity contribution in [3.8, 4) is 5.75 Å². The second-order valence-corrected chi connectivity index (χ2v) is 7.57. The largest absolute Gasteiger partial charge is 0.492 e. The lowest BCUT2D eigenvalue weighted by molar-refractivity contribution is -0.00263. The van der Waals surface area contributed by atoms with Crippen molar-refractivity contribution in [3.05, 3.63) is 29.3 Å². The van der Waals surface area contributed by atoms with Crippen LogP contribution in [0.1, 0.15) is 19.8 Å². The molecule has 1 aliphatic heterocycles. The fraction of sp³-hybridized carbons (Fsp3) is 0.650. The minimum atomic E-state index is 0. The van der Waals surface area contributed by atoms with Gasteiger partial charge in [-0.25, -0.2) is 0 Å². The van der Waals surface area contributed by atoms with Crippen molar-refractivity contribution in [2.75, 3.05) is 60.6 Å². The molecular formula is C20H34ClIN4O2. The summed E-state index contributed by atoms with van der Waals surface area (Å²) in [4.78, 5) is 9.33. The molecule has 1 aromatic carbocycles. The van der Waals surface area contributed by atoms with E-state index in [4.69, 9.17) is 26.1 Å². The monoisotopic (exact) mass is 524 g/mol. The molecule has 1 aromatic rings. The molecule has 1 heterocycles. The van der Waals surface area contributed by atoms with Gasteiger partial charge in [-0.1, -0.05) is 17.7 Å². The lowest BCUT2D eigenvalue weighted by atomic mass is 9.89. The maximum Gasteiger partial charge on any atom is 0.193 e. The molecule has 0 unspecified atom stereocenters. The molecule has 1 aliphatic rings. The van der Waals surface area contributed by atoms with E-state index in [0.717, 1.165) is 57.4 Å². The van der Waals surface area contributed by atoms with Gasteiger partial charge in [0.15, 0.2) is 5.96 Å². The van der Waals surface area contributed by atoms with Gasteiger partial charge in [0.25, 0.3) is 0 Å². The highest BCUT2D eigenvalue weighted by Gasteiger charge is 2.34. The van der Waals surface area contributed by atoms with E-state index in [-0.39, 0.29) is 29.5 Å². The Kier molecular flexibility index (Phi) is 11.5. The van der Waals surface area contributed by atoms with E-state index >= 15 is 0 Å². The molecule has 1 saturated heterocycles. The molecule has 1 N–H and O–H groups in total. The normalized spacial score (nSPS) is 16.4. The third-order valence-electron chi connectivity index (χ3n) is 5.08. The van der Waals surface area contributed by atoms with Crippen LogP contribution >= 0.6 is 35.6 Å². The van der Waals surface area contributed by atoms with Gasteiger partial charge < -0.3 is 24.6 Å². The minimum Gasteiger partial charge on any atom is -0.492 e. The number of guanidine groups is 1. The van der Waals surface area contributed by atoms with E-state index in [2.05, 4.69) is 36.1 Å². The standard InChI is InChI=1S/C20H33ClN4O2.HI/c1-5-22-19(23-16-20(24(2)3)9-12-26-13-10-20)25(4)11-14-27-18-8-6-7-17(21)15-18;/h6-8,15H,5,9-14,16H2,1-4H3,(H,22,23);1H. The van der Waals surface area contributed by atoms with Crippen LogP contribution in [-0.2, 0) is 4.74 Å². The second-order valence-electron chi connectivity index (χ2n) is 7.13. The summed E-state index contributed by atoms with van der Waals surface area (Å²) in [5.41, 5.74) is 0.0665. The quantitative estimate of drug-likeness (QED) is 0.321. The van der Waals surface area contributed by atoms with Gasteiger partial charge in [-0.2, -0.15) is 0 Å². The molecule has 160 valence electrons. The van der Waals surface area contributed by atoms with Crippen molar-refractivity contribution in [1.29, 1.82) is 0 Å². The summed E-state index contributed by atoms with van der Waals surface area (Å²) >= 11 is 6.00. The Morgan fingerprint density at radius 2 is 2.00 bits per heavy atom. The number of benzene rings is 1. The zero-order valence-electron chi connectivity index (χ0n) is 17.4. The summed E-state index contributed by atoms with van der Waals surface area (Å²) in [7, 11) is 6.31. The van der Waals surface area contributed by atoms with Crippen molar-refractivity contribution < 1.29 is 9.47 Å². The van der Waals surface area contributed by atoms with Gasteiger partial charge in [-0.05, 0) is 52.1 Å². The zero-order chi connectivity index (χ0) is 19.7. The van der Waals surface area contributed by atoms with Crippen molar-refractivity contribution in [2.45, 2.75) is 25.3 Å². The van der Waals surface area contributed by atoms with Crippen LogP contribution in [0.15, 0.2) is 29.3 Å². The zero-order valence-corrected chi connectivity index (χ0v) is 20.5. The smallest absolute Gasteiger partial charge is 0.193 e. The first-order valence-electron chi connectivity index (χ1n) is 9.60. The van der Waals surface area contributed by atoms with Gasteiger partial charge in [0, 0.05) is 37.4 Å². The van der Waals surface area contributed by atoms with E-state index in [1.54, 1.807) is 0 Å². The Morgan fingerprint density at radius 1 is 1.29 bits per heavy atom. The molecule has 0 aromatic heterocycles. The minimum absolute atomic E-state index is 0. The van der Waals surface area contributed by atoms with Gasteiger partial charge in [-0.15, -0.1) is 24.0 Å². The first-order valence-corrected chi connectivity index (χ1v) is 9.97. The van der Waals surface area contributed by atoms with Gasteiger partial charge in [0.2, 0.25) is 0 Å². The highest BCUT2D eigenvalue weighted by Crippen LogP contribution is 2.26. The van der Waals surface area contributed by atoms with Gasteiger partial charge >= 0.3 is 0 Å². The third kappa shape index (κ3) is 7.57. The van der Waals surface area contributed by atoms with Crippen molar-refractivity contribution in [1.82, 2.24) is 15.1 Å². The number of aliphatic imine (C=N–C) groups is 1. The summed E-state index contributed by atoms with van der Waals surface area (Å²) in [5.74, 6) is 1.69. The highest BCUT2D eigenvalue weighted by atomic mass is 127. The van der Waals surface area contributed by atoms with E-state index in [0.29, 0.717) is 11.6 Å². The summed E-state index contributed by atoms with van der Waals surface area (Å²) in [6.07, 6.45) is 2.01. The average molecular weight is 525 g/mol. The van der Waals surface area contributed by atoms with Gasteiger partial charge in [0.1, 0.15) is 12.4 Å². The Labute approximate surface area is 191 Å². The summed E-state index contributed by atoms with van der Waals surface area (Å²) in [6.45, 7) is 6.56. The number of nitrogens with zero attached hydrogens (tertiary/aromatic N) is 3. The number of nitrogens with one attached hydrogen (secondary N) is 1. The Morgan fingerprint density at radius 3 is 2.61 bits per heavy atom. The van der Waals surface area contributed by atoms with Crippen molar-refractivity contribution >= 4 is 41.5 Å². The van der Waals surface area contributed by atoms with Gasteiger partial charge in [-0.3, -0.25) is 4.99 Å². The first kappa shape index (κ1) is 25.3. The number of rotatable bonds is 8. The molecule has 6 nitrogen and oxygen atoms in total. The van der Waals surface area contributed by atoms with Crippen LogP contribution in [0, 0.1) is 0 Å². The molecule has 0 radical (unpaired) electrons. The Hall–Kier alpha value is -0.770. The first-order chi connectivity index (χ1) is 13.0. The lowest BCUT2D eigenvalue weighted by Crippen LogP contribution is -2.52. The number of halogens is 2. The van der Waals surface area contributed by atoms with Crippen molar-refractivity contribution in [2.24, 2.45) is 4.99 Å². The number of ether oxygens (including phenoxy) is 2. The van der Waals surface area contributed by atoms with Crippen LogP contribution in [0.5, 0.6) is 5.75 Å². The number of likely N-dealkylation sites (N-methyl/N-ethyl adjacent to an activating group) is 2. The maximum atomic E-state index is 6.00. The van der Waals surface area contributed by atoms with Crippen LogP contribution in [0.25, 0.3) is 0 Å². The molecule has 1 fully saturated rings. The van der Waals surface area contributed by atoms with Crippen LogP contribution in [0.3, 0.4) is 0 Å². The van der Waals surface area contributed by atoms with E-state index < -0.39 is 0 Å². The maximum absolute atomic E-state index is 6.00. The molecule has 28 heavy (non-hydrogen) atoms. The molecule has 2 rings (SSSR count). The fourth-order valence-electron chi connectivity index (χ4n) is 3.15. The molecule has 0 saturated carbocycles. The van der Waals surface area contributed by atoms with E-state index in [1.807, 2.05) is 31.3 Å². The van der Waals surface area contributed by atoms with Gasteiger partial charge in [0.05, 0.1) is 13.1 Å². The lowest BCUT2D eigenvalue weighted by Gasteiger charge is -2.42. The predicted molar refractivity (Wildman–Crippen MR) is 127 cm³/mol. The molecule has 0 aliphatic carbocycles. The topological polar surface area (TPSA) is 49.3 Å². The molecular weight excluding hydrogens is 491 g/mol.